The minimum absolute atomic E-state index is 0.0404. The zero-order valence-corrected chi connectivity index (χ0v) is 17.6. The van der Waals surface area contributed by atoms with Crippen LogP contribution in [0, 0.1) is 11.3 Å². The van der Waals surface area contributed by atoms with Crippen molar-refractivity contribution >= 4 is 21.6 Å². The maximum absolute atomic E-state index is 12.7. The molecule has 0 bridgehead atoms. The summed E-state index contributed by atoms with van der Waals surface area (Å²) >= 11 is 0. The van der Waals surface area contributed by atoms with Crippen LogP contribution in [0.25, 0.3) is 0 Å². The number of anilines is 1. The van der Waals surface area contributed by atoms with Gasteiger partial charge < -0.3 is 14.6 Å². The van der Waals surface area contributed by atoms with Gasteiger partial charge in [-0.15, -0.1) is 0 Å². The molecule has 1 amide bonds. The maximum Gasteiger partial charge on any atom is 0.241 e. The quantitative estimate of drug-likeness (QED) is 0.764. The zero-order valence-electron chi connectivity index (χ0n) is 16.8. The van der Waals surface area contributed by atoms with Crippen LogP contribution >= 0.6 is 0 Å². The van der Waals surface area contributed by atoms with Crippen LogP contribution in [0.3, 0.4) is 0 Å². The maximum atomic E-state index is 12.7. The Hall–Kier alpha value is -2.63. The molecule has 8 heteroatoms. The number of hydrogen-bond donors (Lipinski definition) is 1. The molecule has 1 N–H and O–H groups in total. The van der Waals surface area contributed by atoms with Crippen molar-refractivity contribution in [3.8, 4) is 6.07 Å². The van der Waals surface area contributed by atoms with E-state index in [1.807, 2.05) is 4.57 Å². The Labute approximate surface area is 176 Å². The summed E-state index contributed by atoms with van der Waals surface area (Å²) in [5.41, 5.74) is 2.49. The number of hydrogen-bond acceptors (Lipinski definition) is 5. The molecule has 1 aromatic heterocycles. The van der Waals surface area contributed by atoms with E-state index in [0.717, 1.165) is 56.4 Å². The van der Waals surface area contributed by atoms with Gasteiger partial charge in [0.2, 0.25) is 5.91 Å². The van der Waals surface area contributed by atoms with E-state index in [1.54, 1.807) is 18.2 Å². The molecule has 4 rings (SSSR count). The minimum Gasteiger partial charge on any atom is -0.376 e. The van der Waals surface area contributed by atoms with Crippen LogP contribution in [0.2, 0.25) is 0 Å². The van der Waals surface area contributed by atoms with Gasteiger partial charge in [0.1, 0.15) is 17.6 Å². The van der Waals surface area contributed by atoms with Crippen LogP contribution in [0.5, 0.6) is 0 Å². The number of sulfone groups is 1. The van der Waals surface area contributed by atoms with Crippen LogP contribution in [-0.2, 0) is 38.8 Å². The van der Waals surface area contributed by atoms with Crippen molar-refractivity contribution in [2.24, 2.45) is 0 Å². The lowest BCUT2D eigenvalue weighted by atomic mass is 9.95. The number of aromatic nitrogens is 1. The van der Waals surface area contributed by atoms with E-state index in [2.05, 4.69) is 11.4 Å². The van der Waals surface area contributed by atoms with Crippen molar-refractivity contribution in [1.29, 1.82) is 5.26 Å². The molecule has 0 spiro atoms. The Morgan fingerprint density at radius 1 is 1.20 bits per heavy atom. The molecule has 1 saturated heterocycles. The van der Waals surface area contributed by atoms with Crippen molar-refractivity contribution in [3.63, 3.8) is 0 Å². The molecule has 1 aliphatic heterocycles. The van der Waals surface area contributed by atoms with Gasteiger partial charge in [0.25, 0.3) is 0 Å². The molecule has 2 heterocycles. The summed E-state index contributed by atoms with van der Waals surface area (Å²) in [5.74, 6) is -0.899. The lowest BCUT2D eigenvalue weighted by Gasteiger charge is -2.19. The van der Waals surface area contributed by atoms with Crippen LogP contribution in [0.15, 0.2) is 35.2 Å². The van der Waals surface area contributed by atoms with Gasteiger partial charge >= 0.3 is 0 Å². The molecule has 158 valence electrons. The Morgan fingerprint density at radius 2 is 1.97 bits per heavy atom. The first kappa shape index (κ1) is 20.6. The summed E-state index contributed by atoms with van der Waals surface area (Å²) in [5, 5.41) is 12.6. The highest BCUT2D eigenvalue weighted by atomic mass is 32.2. The lowest BCUT2D eigenvalue weighted by Crippen LogP contribution is -2.26. The van der Waals surface area contributed by atoms with Gasteiger partial charge in [-0.3, -0.25) is 4.79 Å². The molecule has 1 aliphatic carbocycles. The molecule has 1 aromatic carbocycles. The predicted molar refractivity (Wildman–Crippen MR) is 112 cm³/mol. The third kappa shape index (κ3) is 4.13. The van der Waals surface area contributed by atoms with E-state index >= 15 is 0 Å². The monoisotopic (exact) mass is 427 g/mol. The number of ether oxygens (including phenoxy) is 1. The van der Waals surface area contributed by atoms with Gasteiger partial charge in [-0.2, -0.15) is 5.26 Å². The van der Waals surface area contributed by atoms with Crippen LogP contribution < -0.4 is 5.32 Å². The summed E-state index contributed by atoms with van der Waals surface area (Å²) in [6, 6.07) is 10.2. The fraction of sp³-hybridized carbons (Fsp3) is 0.455. The van der Waals surface area contributed by atoms with E-state index in [1.165, 1.54) is 12.1 Å². The average Bonchev–Trinajstić information content (AvgIpc) is 3.35. The third-order valence-electron chi connectivity index (χ3n) is 5.78. The molecule has 7 nitrogen and oxygen atoms in total. The Balaban J connectivity index is 1.63. The average molecular weight is 428 g/mol. The van der Waals surface area contributed by atoms with E-state index in [-0.39, 0.29) is 11.0 Å². The van der Waals surface area contributed by atoms with Crippen molar-refractivity contribution in [2.75, 3.05) is 17.7 Å². The van der Waals surface area contributed by atoms with E-state index < -0.39 is 21.5 Å². The summed E-state index contributed by atoms with van der Waals surface area (Å²) in [7, 11) is -3.77. The van der Waals surface area contributed by atoms with Gasteiger partial charge in [0.15, 0.2) is 9.84 Å². The van der Waals surface area contributed by atoms with Gasteiger partial charge in [-0.1, -0.05) is 18.2 Å². The summed E-state index contributed by atoms with van der Waals surface area (Å²) in [6.07, 6.45) is 5.64. The topological polar surface area (TPSA) is 101 Å². The summed E-state index contributed by atoms with van der Waals surface area (Å²) in [4.78, 5) is 12.8. The fourth-order valence-corrected chi connectivity index (χ4v) is 5.52. The van der Waals surface area contributed by atoms with Gasteiger partial charge in [0, 0.05) is 12.3 Å². The van der Waals surface area contributed by atoms with Crippen LogP contribution in [0.1, 0.15) is 42.5 Å². The molecular formula is C22H25N3O4S. The number of rotatable bonds is 6. The Kier molecular flexibility index (Phi) is 5.93. The normalized spacial score (nSPS) is 18.6. The standard InChI is InChI=1S/C22H25N3O4S/c23-13-19-18-10-4-5-11-20(18)25(14-16-7-6-12-29-16)22(19)24-21(26)15-30(27,28)17-8-2-1-3-9-17/h1-3,8-9,16H,4-7,10-12,14-15H2,(H,24,26). The van der Waals surface area contributed by atoms with Crippen molar-refractivity contribution in [3.05, 3.63) is 47.2 Å². The molecule has 0 radical (unpaired) electrons. The molecule has 1 unspecified atom stereocenters. The predicted octanol–water partition coefficient (Wildman–Crippen LogP) is 2.83. The smallest absolute Gasteiger partial charge is 0.241 e. The highest BCUT2D eigenvalue weighted by Crippen LogP contribution is 2.34. The lowest BCUT2D eigenvalue weighted by molar-refractivity contribution is -0.113. The minimum atomic E-state index is -3.77. The van der Waals surface area contributed by atoms with E-state index in [4.69, 9.17) is 4.74 Å². The van der Waals surface area contributed by atoms with Crippen molar-refractivity contribution in [1.82, 2.24) is 4.57 Å². The molecular weight excluding hydrogens is 402 g/mol. The number of carbonyl (C=O) groups is 1. The van der Waals surface area contributed by atoms with Crippen molar-refractivity contribution < 1.29 is 17.9 Å². The summed E-state index contributed by atoms with van der Waals surface area (Å²) in [6.45, 7) is 1.28. The largest absolute Gasteiger partial charge is 0.376 e. The van der Waals surface area contributed by atoms with Crippen LogP contribution in [-0.4, -0.2) is 37.4 Å². The zero-order chi connectivity index (χ0) is 21.1. The first-order valence-electron chi connectivity index (χ1n) is 10.3. The van der Waals surface area contributed by atoms with Gasteiger partial charge in [-0.25, -0.2) is 8.42 Å². The van der Waals surface area contributed by atoms with Crippen molar-refractivity contribution in [2.45, 2.75) is 56.1 Å². The Bertz CT molecular complexity index is 1080. The third-order valence-corrected chi connectivity index (χ3v) is 7.41. The molecule has 2 aliphatic rings. The first-order valence-corrected chi connectivity index (χ1v) is 12.0. The SMILES string of the molecule is N#Cc1c2c(n(CC3CCCO3)c1NC(=O)CS(=O)(=O)c1ccccc1)CCCC2. The number of nitriles is 1. The highest BCUT2D eigenvalue weighted by Gasteiger charge is 2.29. The molecule has 30 heavy (non-hydrogen) atoms. The second-order valence-electron chi connectivity index (χ2n) is 7.83. The molecule has 0 saturated carbocycles. The highest BCUT2D eigenvalue weighted by molar-refractivity contribution is 7.92. The van der Waals surface area contributed by atoms with E-state index in [9.17, 15) is 18.5 Å². The summed E-state index contributed by atoms with van der Waals surface area (Å²) < 4.78 is 32.9. The second kappa shape index (κ2) is 8.62. The number of nitrogens with zero attached hydrogens (tertiary/aromatic N) is 2. The number of amides is 1. The number of fused-ring (bicyclic) bond motifs is 1. The Morgan fingerprint density at radius 3 is 2.67 bits per heavy atom. The first-order chi connectivity index (χ1) is 14.5. The van der Waals surface area contributed by atoms with Gasteiger partial charge in [-0.05, 0) is 56.2 Å². The van der Waals surface area contributed by atoms with Gasteiger partial charge in [0.05, 0.1) is 23.1 Å². The number of nitrogens with one attached hydrogen (secondary N) is 1. The number of benzene rings is 1. The molecule has 1 fully saturated rings. The molecule has 1 atom stereocenters. The second-order valence-corrected chi connectivity index (χ2v) is 9.82. The fourth-order valence-electron chi connectivity index (χ4n) is 4.37. The van der Waals surface area contributed by atoms with E-state index in [0.29, 0.717) is 17.9 Å². The van der Waals surface area contributed by atoms with Crippen LogP contribution in [0.4, 0.5) is 5.82 Å². The molecule has 2 aromatic rings. The number of carbonyl (C=O) groups excluding carboxylic acids is 1.